The zero-order valence-electron chi connectivity index (χ0n) is 14.4. The van der Waals surface area contributed by atoms with Crippen LogP contribution < -0.4 is 10.6 Å². The molecule has 0 unspecified atom stereocenters. The molecule has 0 saturated carbocycles. The van der Waals surface area contributed by atoms with Gasteiger partial charge < -0.3 is 10.6 Å². The first kappa shape index (κ1) is 16.8. The van der Waals surface area contributed by atoms with E-state index in [1.807, 2.05) is 42.5 Å². The van der Waals surface area contributed by atoms with E-state index in [9.17, 15) is 14.4 Å². The largest absolute Gasteiger partial charge is 0.329 e. The van der Waals surface area contributed by atoms with Gasteiger partial charge in [-0.2, -0.15) is 0 Å². The molecule has 1 heterocycles. The van der Waals surface area contributed by atoms with Crippen LogP contribution in [-0.2, 0) is 11.3 Å². The predicted octanol–water partition coefficient (Wildman–Crippen LogP) is 3.14. The van der Waals surface area contributed by atoms with E-state index >= 15 is 0 Å². The number of fused-ring (bicyclic) bond motifs is 1. The topological polar surface area (TPSA) is 78.5 Å². The van der Waals surface area contributed by atoms with Gasteiger partial charge in [-0.05, 0) is 29.1 Å². The zero-order valence-corrected chi connectivity index (χ0v) is 14.4. The van der Waals surface area contributed by atoms with Crippen molar-refractivity contribution in [2.75, 3.05) is 11.9 Å². The van der Waals surface area contributed by atoms with Crippen molar-refractivity contribution in [3.8, 4) is 0 Å². The fourth-order valence-electron chi connectivity index (χ4n) is 3.09. The molecule has 0 bridgehead atoms. The summed E-state index contributed by atoms with van der Waals surface area (Å²) in [6.07, 6.45) is 0. The summed E-state index contributed by atoms with van der Waals surface area (Å²) in [4.78, 5) is 37.0. The molecule has 0 spiro atoms. The van der Waals surface area contributed by atoms with E-state index in [0.29, 0.717) is 5.56 Å². The maximum absolute atomic E-state index is 12.6. The Morgan fingerprint density at radius 2 is 1.70 bits per heavy atom. The highest BCUT2D eigenvalue weighted by Crippen LogP contribution is 2.23. The lowest BCUT2D eigenvalue weighted by Gasteiger charge is -2.13. The molecule has 3 aromatic carbocycles. The molecule has 0 aromatic heterocycles. The van der Waals surface area contributed by atoms with E-state index < -0.39 is 6.03 Å². The molecular formula is C21H17N3O3. The Morgan fingerprint density at radius 1 is 0.963 bits per heavy atom. The lowest BCUT2D eigenvalue weighted by Crippen LogP contribution is -2.30. The molecule has 0 radical (unpaired) electrons. The van der Waals surface area contributed by atoms with E-state index in [0.717, 1.165) is 26.9 Å². The van der Waals surface area contributed by atoms with Crippen molar-refractivity contribution in [1.82, 2.24) is 10.2 Å². The summed E-state index contributed by atoms with van der Waals surface area (Å²) in [6, 6.07) is 20.1. The molecule has 1 aliphatic heterocycles. The number of anilines is 1. The highest BCUT2D eigenvalue weighted by Gasteiger charge is 2.28. The Kier molecular flexibility index (Phi) is 4.30. The third kappa shape index (κ3) is 3.37. The molecule has 3 aromatic rings. The van der Waals surface area contributed by atoms with E-state index in [1.165, 1.54) is 0 Å². The summed E-state index contributed by atoms with van der Waals surface area (Å²) in [5.41, 5.74) is 2.03. The zero-order chi connectivity index (χ0) is 18.8. The molecule has 134 valence electrons. The molecule has 0 aliphatic carbocycles. The molecule has 1 fully saturated rings. The molecular weight excluding hydrogens is 342 g/mol. The minimum absolute atomic E-state index is 0.0321. The van der Waals surface area contributed by atoms with Crippen molar-refractivity contribution >= 4 is 34.3 Å². The summed E-state index contributed by atoms with van der Waals surface area (Å²) in [6.45, 7) is 0.222. The number of urea groups is 1. The highest BCUT2D eigenvalue weighted by atomic mass is 16.2. The van der Waals surface area contributed by atoms with E-state index in [-0.39, 0.29) is 24.9 Å². The van der Waals surface area contributed by atoms with Crippen molar-refractivity contribution in [3.05, 3.63) is 77.9 Å². The maximum atomic E-state index is 12.6. The van der Waals surface area contributed by atoms with Gasteiger partial charge in [0.15, 0.2) is 0 Å². The summed E-state index contributed by atoms with van der Waals surface area (Å²) in [5, 5.41) is 7.46. The second-order valence-electron chi connectivity index (χ2n) is 6.32. The van der Waals surface area contributed by atoms with Crippen molar-refractivity contribution in [3.63, 3.8) is 0 Å². The Morgan fingerprint density at radius 3 is 2.44 bits per heavy atom. The standard InChI is InChI=1S/C21H17N3O3/c25-19-12-22-21(27)24(19)13-14-8-10-16(11-9-14)20(26)23-18-7-3-5-15-4-1-2-6-17(15)18/h1-11H,12-13H2,(H,22,27)(H,23,26). The number of imide groups is 1. The average molecular weight is 359 g/mol. The van der Waals surface area contributed by atoms with Gasteiger partial charge in [0.2, 0.25) is 5.91 Å². The highest BCUT2D eigenvalue weighted by molar-refractivity contribution is 6.09. The number of nitrogens with zero attached hydrogens (tertiary/aromatic N) is 1. The molecule has 0 atom stereocenters. The number of hydrogen-bond donors (Lipinski definition) is 2. The lowest BCUT2D eigenvalue weighted by molar-refractivity contribution is -0.125. The van der Waals surface area contributed by atoms with Crippen molar-refractivity contribution < 1.29 is 14.4 Å². The first-order chi connectivity index (χ1) is 13.1. The summed E-state index contributed by atoms with van der Waals surface area (Å²) >= 11 is 0. The van der Waals surface area contributed by atoms with Crippen LogP contribution in [-0.4, -0.2) is 29.3 Å². The number of nitrogens with one attached hydrogen (secondary N) is 2. The van der Waals surface area contributed by atoms with E-state index in [1.54, 1.807) is 24.3 Å². The molecule has 1 saturated heterocycles. The minimum Gasteiger partial charge on any atom is -0.329 e. The van der Waals surface area contributed by atoms with E-state index in [4.69, 9.17) is 0 Å². The monoisotopic (exact) mass is 359 g/mol. The molecule has 4 amide bonds. The molecule has 4 rings (SSSR count). The van der Waals surface area contributed by atoms with Crippen molar-refractivity contribution in [2.45, 2.75) is 6.54 Å². The average Bonchev–Trinajstić information content (AvgIpc) is 3.01. The summed E-state index contributed by atoms with van der Waals surface area (Å²) in [5.74, 6) is -0.467. The number of amides is 4. The van der Waals surface area contributed by atoms with Gasteiger partial charge in [-0.1, -0.05) is 48.5 Å². The van der Waals surface area contributed by atoms with Crippen molar-refractivity contribution in [1.29, 1.82) is 0 Å². The lowest BCUT2D eigenvalue weighted by atomic mass is 10.1. The predicted molar refractivity (Wildman–Crippen MR) is 102 cm³/mol. The molecule has 27 heavy (non-hydrogen) atoms. The Balaban J connectivity index is 1.49. The number of rotatable bonds is 4. The fraction of sp³-hybridized carbons (Fsp3) is 0.0952. The molecule has 6 heteroatoms. The maximum Gasteiger partial charge on any atom is 0.324 e. The van der Waals surface area contributed by atoms with Gasteiger partial charge in [-0.25, -0.2) is 4.79 Å². The van der Waals surface area contributed by atoms with Gasteiger partial charge in [0.1, 0.15) is 0 Å². The normalized spacial score (nSPS) is 13.7. The SMILES string of the molecule is O=C(Nc1cccc2ccccc12)c1ccc(CN2C(=O)CNC2=O)cc1. The second-order valence-corrected chi connectivity index (χ2v) is 6.32. The second kappa shape index (κ2) is 6.92. The van der Waals surface area contributed by atoms with Crippen LogP contribution in [0.2, 0.25) is 0 Å². The number of benzene rings is 3. The van der Waals surface area contributed by atoms with Crippen LogP contribution in [0.25, 0.3) is 10.8 Å². The van der Waals surface area contributed by atoms with Gasteiger partial charge in [-0.15, -0.1) is 0 Å². The Bertz CT molecular complexity index is 1020. The van der Waals surface area contributed by atoms with Crippen molar-refractivity contribution in [2.24, 2.45) is 0 Å². The van der Waals surface area contributed by atoms with Crippen LogP contribution in [0.4, 0.5) is 10.5 Å². The van der Waals surface area contributed by atoms with Crippen LogP contribution in [0.15, 0.2) is 66.7 Å². The third-order valence-electron chi connectivity index (χ3n) is 4.53. The number of carbonyl (C=O) groups is 3. The van der Waals surface area contributed by atoms with E-state index in [2.05, 4.69) is 10.6 Å². The minimum atomic E-state index is -0.391. The van der Waals surface area contributed by atoms with Crippen LogP contribution in [0.5, 0.6) is 0 Å². The van der Waals surface area contributed by atoms with Crippen LogP contribution in [0.3, 0.4) is 0 Å². The Labute approximate surface area is 155 Å². The van der Waals surface area contributed by atoms with Crippen LogP contribution >= 0.6 is 0 Å². The summed E-state index contributed by atoms with van der Waals surface area (Å²) in [7, 11) is 0. The Hall–Kier alpha value is -3.67. The van der Waals surface area contributed by atoms with Gasteiger partial charge in [0, 0.05) is 16.6 Å². The van der Waals surface area contributed by atoms with Gasteiger partial charge in [0.05, 0.1) is 13.1 Å². The van der Waals surface area contributed by atoms with Gasteiger partial charge in [0.25, 0.3) is 5.91 Å². The first-order valence-corrected chi connectivity index (χ1v) is 8.58. The number of carbonyl (C=O) groups excluding carboxylic acids is 3. The van der Waals surface area contributed by atoms with Crippen LogP contribution in [0, 0.1) is 0 Å². The first-order valence-electron chi connectivity index (χ1n) is 8.58. The van der Waals surface area contributed by atoms with Gasteiger partial charge >= 0.3 is 6.03 Å². The molecule has 1 aliphatic rings. The number of hydrogen-bond acceptors (Lipinski definition) is 3. The molecule has 6 nitrogen and oxygen atoms in total. The van der Waals surface area contributed by atoms with Gasteiger partial charge in [-0.3, -0.25) is 14.5 Å². The fourth-order valence-corrected chi connectivity index (χ4v) is 3.09. The van der Waals surface area contributed by atoms with Crippen LogP contribution in [0.1, 0.15) is 15.9 Å². The third-order valence-corrected chi connectivity index (χ3v) is 4.53. The smallest absolute Gasteiger partial charge is 0.324 e. The molecule has 2 N–H and O–H groups in total. The quantitative estimate of drug-likeness (QED) is 0.703. The summed E-state index contributed by atoms with van der Waals surface area (Å²) < 4.78 is 0.